The highest BCUT2D eigenvalue weighted by atomic mass is 19.1. The predicted molar refractivity (Wildman–Crippen MR) is 91.4 cm³/mol. The van der Waals surface area contributed by atoms with Gasteiger partial charge >= 0.3 is 0 Å². The number of morpholine rings is 1. The summed E-state index contributed by atoms with van der Waals surface area (Å²) in [6, 6.07) is 13.9. The maximum atomic E-state index is 13.1. The highest BCUT2D eigenvalue weighted by molar-refractivity contribution is 5.94. The zero-order valence-electron chi connectivity index (χ0n) is 14.3. The van der Waals surface area contributed by atoms with Gasteiger partial charge in [-0.05, 0) is 50.6 Å². The Morgan fingerprint density at radius 2 is 1.75 bits per heavy atom. The van der Waals surface area contributed by atoms with E-state index in [1.165, 1.54) is 12.1 Å². The van der Waals surface area contributed by atoms with Crippen LogP contribution in [0.5, 0.6) is 0 Å². The van der Waals surface area contributed by atoms with Crippen LogP contribution in [0.3, 0.4) is 0 Å². The number of carbonyl (C=O) groups is 1. The van der Waals surface area contributed by atoms with Gasteiger partial charge in [-0.25, -0.2) is 4.39 Å². The van der Waals surface area contributed by atoms with Gasteiger partial charge in [0.25, 0.3) is 5.91 Å². The summed E-state index contributed by atoms with van der Waals surface area (Å²) in [6.07, 6.45) is -0.243. The smallest absolute Gasteiger partial charge is 0.254 e. The molecular formula is C20H22FNO2. The lowest BCUT2D eigenvalue weighted by Gasteiger charge is -2.45. The number of rotatable bonds is 2. The summed E-state index contributed by atoms with van der Waals surface area (Å²) in [5.74, 6) is -0.280. The lowest BCUT2D eigenvalue weighted by molar-refractivity contribution is -0.0846. The molecule has 2 aromatic rings. The van der Waals surface area contributed by atoms with Gasteiger partial charge in [-0.3, -0.25) is 4.79 Å². The van der Waals surface area contributed by atoms with Gasteiger partial charge in [0.1, 0.15) is 11.9 Å². The van der Waals surface area contributed by atoms with Crippen LogP contribution in [0.4, 0.5) is 4.39 Å². The molecule has 1 atom stereocenters. The van der Waals surface area contributed by atoms with E-state index in [0.29, 0.717) is 18.7 Å². The minimum atomic E-state index is -0.390. The molecule has 0 N–H and O–H groups in total. The van der Waals surface area contributed by atoms with Gasteiger partial charge in [-0.2, -0.15) is 0 Å². The largest absolute Gasteiger partial charge is 0.369 e. The quantitative estimate of drug-likeness (QED) is 0.830. The molecule has 1 saturated heterocycles. The van der Waals surface area contributed by atoms with Crippen molar-refractivity contribution in [1.29, 1.82) is 0 Å². The van der Waals surface area contributed by atoms with Crippen molar-refractivity contribution in [3.8, 4) is 0 Å². The Balaban J connectivity index is 1.85. The third-order valence-corrected chi connectivity index (χ3v) is 4.50. The zero-order valence-corrected chi connectivity index (χ0v) is 14.3. The molecule has 0 radical (unpaired) electrons. The molecule has 0 saturated carbocycles. The molecule has 0 spiro atoms. The van der Waals surface area contributed by atoms with Crippen LogP contribution in [0.15, 0.2) is 48.5 Å². The van der Waals surface area contributed by atoms with Crippen LogP contribution in [0.2, 0.25) is 0 Å². The Kier molecular flexibility index (Phi) is 4.41. The van der Waals surface area contributed by atoms with E-state index in [4.69, 9.17) is 4.74 Å². The molecule has 126 valence electrons. The summed E-state index contributed by atoms with van der Waals surface area (Å²) >= 11 is 0. The highest BCUT2D eigenvalue weighted by Gasteiger charge is 2.38. The third-order valence-electron chi connectivity index (χ3n) is 4.50. The van der Waals surface area contributed by atoms with Crippen LogP contribution in [0.25, 0.3) is 0 Å². The molecule has 0 aromatic heterocycles. The molecule has 3 rings (SSSR count). The van der Waals surface area contributed by atoms with Crippen molar-refractivity contribution in [2.75, 3.05) is 13.2 Å². The van der Waals surface area contributed by atoms with E-state index in [0.717, 1.165) is 11.1 Å². The monoisotopic (exact) mass is 327 g/mol. The Bertz CT molecular complexity index is 722. The maximum absolute atomic E-state index is 13.1. The topological polar surface area (TPSA) is 29.5 Å². The van der Waals surface area contributed by atoms with Gasteiger partial charge in [0.2, 0.25) is 0 Å². The predicted octanol–water partition coefficient (Wildman–Crippen LogP) is 4.13. The molecule has 3 nitrogen and oxygen atoms in total. The van der Waals surface area contributed by atoms with Crippen molar-refractivity contribution in [3.05, 3.63) is 71.0 Å². The van der Waals surface area contributed by atoms with E-state index in [1.54, 1.807) is 12.1 Å². The number of hydrogen-bond donors (Lipinski definition) is 0. The maximum Gasteiger partial charge on any atom is 0.254 e. The Hall–Kier alpha value is -2.20. The van der Waals surface area contributed by atoms with Gasteiger partial charge in [0.05, 0.1) is 18.7 Å². The number of aryl methyl sites for hydroxylation is 1. The van der Waals surface area contributed by atoms with E-state index in [-0.39, 0.29) is 17.8 Å². The first-order valence-electron chi connectivity index (χ1n) is 8.12. The normalized spacial score (nSPS) is 20.0. The number of ether oxygens (including phenoxy) is 1. The average molecular weight is 327 g/mol. The van der Waals surface area contributed by atoms with E-state index < -0.39 is 5.54 Å². The van der Waals surface area contributed by atoms with Crippen molar-refractivity contribution in [1.82, 2.24) is 4.90 Å². The van der Waals surface area contributed by atoms with E-state index in [2.05, 4.69) is 0 Å². The first-order chi connectivity index (χ1) is 11.4. The zero-order chi connectivity index (χ0) is 17.3. The summed E-state index contributed by atoms with van der Waals surface area (Å²) in [5, 5.41) is 0. The average Bonchev–Trinajstić information content (AvgIpc) is 2.56. The number of carbonyl (C=O) groups excluding carboxylic acids is 1. The second-order valence-electron chi connectivity index (χ2n) is 6.95. The molecule has 1 amide bonds. The van der Waals surface area contributed by atoms with Crippen LogP contribution in [0.1, 0.15) is 41.4 Å². The molecule has 0 aliphatic carbocycles. The third kappa shape index (κ3) is 3.34. The standard InChI is InChI=1S/C20H22FNO2/c1-14-4-6-16(7-5-14)19(23)22-12-18(24-13-20(22,2)3)15-8-10-17(21)11-9-15/h4-11,18H,12-13H2,1-3H3. The summed E-state index contributed by atoms with van der Waals surface area (Å²) in [6.45, 7) is 6.88. The van der Waals surface area contributed by atoms with Crippen LogP contribution in [-0.4, -0.2) is 29.5 Å². The van der Waals surface area contributed by atoms with Crippen LogP contribution >= 0.6 is 0 Å². The van der Waals surface area contributed by atoms with Gasteiger partial charge < -0.3 is 9.64 Å². The summed E-state index contributed by atoms with van der Waals surface area (Å²) in [4.78, 5) is 14.8. The van der Waals surface area contributed by atoms with Crippen molar-refractivity contribution in [2.24, 2.45) is 0 Å². The lowest BCUT2D eigenvalue weighted by Crippen LogP contribution is -2.56. The van der Waals surface area contributed by atoms with Gasteiger partial charge in [0.15, 0.2) is 0 Å². The van der Waals surface area contributed by atoms with Crippen LogP contribution in [0, 0.1) is 12.7 Å². The van der Waals surface area contributed by atoms with Crippen molar-refractivity contribution in [2.45, 2.75) is 32.4 Å². The fourth-order valence-electron chi connectivity index (χ4n) is 2.94. The minimum Gasteiger partial charge on any atom is -0.369 e. The molecule has 4 heteroatoms. The summed E-state index contributed by atoms with van der Waals surface area (Å²) in [5.41, 5.74) is 2.29. The molecule has 1 unspecified atom stereocenters. The first kappa shape index (κ1) is 16.7. The molecule has 1 heterocycles. The fraction of sp³-hybridized carbons (Fsp3) is 0.350. The number of halogens is 1. The number of hydrogen-bond acceptors (Lipinski definition) is 2. The first-order valence-corrected chi connectivity index (χ1v) is 8.12. The molecule has 24 heavy (non-hydrogen) atoms. The molecular weight excluding hydrogens is 305 g/mol. The number of benzene rings is 2. The van der Waals surface area contributed by atoms with Crippen molar-refractivity contribution in [3.63, 3.8) is 0 Å². The molecule has 1 aliphatic rings. The highest BCUT2D eigenvalue weighted by Crippen LogP contribution is 2.31. The Morgan fingerprint density at radius 1 is 1.12 bits per heavy atom. The summed E-state index contributed by atoms with van der Waals surface area (Å²) in [7, 11) is 0. The van der Waals surface area contributed by atoms with Gasteiger partial charge in [-0.1, -0.05) is 29.8 Å². The minimum absolute atomic E-state index is 0.00425. The number of nitrogens with zero attached hydrogens (tertiary/aromatic N) is 1. The second-order valence-corrected chi connectivity index (χ2v) is 6.95. The number of amides is 1. The van der Waals surface area contributed by atoms with Gasteiger partial charge in [-0.15, -0.1) is 0 Å². The second kappa shape index (κ2) is 6.36. The molecule has 1 fully saturated rings. The van der Waals surface area contributed by atoms with Crippen molar-refractivity contribution < 1.29 is 13.9 Å². The van der Waals surface area contributed by atoms with E-state index >= 15 is 0 Å². The van der Waals surface area contributed by atoms with Crippen LogP contribution < -0.4 is 0 Å². The lowest BCUT2D eigenvalue weighted by atomic mass is 9.96. The Labute approximate surface area is 142 Å². The van der Waals surface area contributed by atoms with E-state index in [1.807, 2.05) is 49.9 Å². The molecule has 1 aliphatic heterocycles. The van der Waals surface area contributed by atoms with E-state index in [9.17, 15) is 9.18 Å². The van der Waals surface area contributed by atoms with Gasteiger partial charge in [0, 0.05) is 5.56 Å². The fourth-order valence-corrected chi connectivity index (χ4v) is 2.94. The molecule has 0 bridgehead atoms. The SMILES string of the molecule is Cc1ccc(C(=O)N2CC(c3ccc(F)cc3)OCC2(C)C)cc1. The molecule has 2 aromatic carbocycles. The Morgan fingerprint density at radius 3 is 2.38 bits per heavy atom. The van der Waals surface area contributed by atoms with Crippen molar-refractivity contribution >= 4 is 5.91 Å². The van der Waals surface area contributed by atoms with Crippen LogP contribution in [-0.2, 0) is 4.74 Å². The summed E-state index contributed by atoms with van der Waals surface area (Å²) < 4.78 is 19.1.